The van der Waals surface area contributed by atoms with Crippen LogP contribution in [0.3, 0.4) is 0 Å². The molecular weight excluding hydrogens is 200 g/mol. The lowest BCUT2D eigenvalue weighted by atomic mass is 9.71. The summed E-state index contributed by atoms with van der Waals surface area (Å²) in [6.07, 6.45) is -0.557. The van der Waals surface area contributed by atoms with Crippen LogP contribution in [0.4, 0.5) is 0 Å². The van der Waals surface area contributed by atoms with Crippen LogP contribution in [0, 0.1) is 0 Å². The molecule has 1 atom stereocenters. The maximum atomic E-state index is 11.5. The first-order chi connectivity index (χ1) is 6.61. The van der Waals surface area contributed by atoms with E-state index in [0.717, 1.165) is 0 Å². The summed E-state index contributed by atoms with van der Waals surface area (Å²) in [5.74, 6) is -1.53. The second-order valence-corrected chi connectivity index (χ2v) is 3.69. The number of ketones is 2. The lowest BCUT2D eigenvalue weighted by Crippen LogP contribution is -2.92. The van der Waals surface area contributed by atoms with Crippen LogP contribution >= 0.6 is 0 Å². The van der Waals surface area contributed by atoms with E-state index in [-0.39, 0.29) is 0 Å². The third kappa shape index (κ3) is 1.17. The van der Waals surface area contributed by atoms with Gasteiger partial charge in [0, 0.05) is 0 Å². The summed E-state index contributed by atoms with van der Waals surface area (Å²) in [7, 11) is 0. The van der Waals surface area contributed by atoms with E-state index in [4.69, 9.17) is 28.7 Å². The predicted octanol–water partition coefficient (Wildman–Crippen LogP) is -3.89. The minimum atomic E-state index is -2.17. The number of aliphatic imine (C=N–C) groups is 1. The summed E-state index contributed by atoms with van der Waals surface area (Å²) < 4.78 is 0. The van der Waals surface area contributed by atoms with Gasteiger partial charge in [-0.15, -0.1) is 0 Å². The molecule has 1 unspecified atom stereocenters. The van der Waals surface area contributed by atoms with E-state index in [9.17, 15) is 9.59 Å². The first kappa shape index (κ1) is 11.9. The summed E-state index contributed by atoms with van der Waals surface area (Å²) in [4.78, 5) is 26.3. The smallest absolute Gasteiger partial charge is 0.201 e. The summed E-state index contributed by atoms with van der Waals surface area (Å²) in [6, 6.07) is 0. The highest BCUT2D eigenvalue weighted by molar-refractivity contribution is 6.12. The van der Waals surface area contributed by atoms with Gasteiger partial charge < -0.3 is 22.9 Å². The molecule has 1 rings (SSSR count). The summed E-state index contributed by atoms with van der Waals surface area (Å²) >= 11 is 0. The lowest BCUT2D eigenvalue weighted by Gasteiger charge is -2.50. The second kappa shape index (κ2) is 2.90. The highest BCUT2D eigenvalue weighted by Crippen LogP contribution is 2.29. The molecule has 8 nitrogen and oxygen atoms in total. The topological polar surface area (TPSA) is 177 Å². The van der Waals surface area contributed by atoms with Gasteiger partial charge in [0.25, 0.3) is 0 Å². The zero-order chi connectivity index (χ0) is 12.1. The molecule has 0 aromatic carbocycles. The fourth-order valence-electron chi connectivity index (χ4n) is 1.42. The SMILES string of the molecule is C=NC1(N)C(=O)CC(=O)C(N)(N)C1(N)N. The minimum Gasteiger partial charge on any atom is -0.307 e. The molecule has 0 spiro atoms. The first-order valence-electron chi connectivity index (χ1n) is 4.10. The van der Waals surface area contributed by atoms with E-state index in [2.05, 4.69) is 11.7 Å². The average Bonchev–Trinajstić information content (AvgIpc) is 2.13. The highest BCUT2D eigenvalue weighted by atomic mass is 16.2. The number of nitrogens with zero attached hydrogens (tertiary/aromatic N) is 1. The van der Waals surface area contributed by atoms with E-state index < -0.39 is 35.0 Å². The van der Waals surface area contributed by atoms with Crippen LogP contribution < -0.4 is 28.7 Å². The van der Waals surface area contributed by atoms with Gasteiger partial charge in [0.05, 0.1) is 6.42 Å². The quantitative estimate of drug-likeness (QED) is 0.168. The van der Waals surface area contributed by atoms with E-state index in [1.54, 1.807) is 0 Å². The first-order valence-corrected chi connectivity index (χ1v) is 4.10. The molecule has 0 bridgehead atoms. The van der Waals surface area contributed by atoms with Crippen molar-refractivity contribution in [3.63, 3.8) is 0 Å². The van der Waals surface area contributed by atoms with Crippen molar-refractivity contribution in [2.24, 2.45) is 33.7 Å². The maximum Gasteiger partial charge on any atom is 0.201 e. The molecule has 0 aliphatic heterocycles. The van der Waals surface area contributed by atoms with Crippen molar-refractivity contribution in [1.82, 2.24) is 0 Å². The molecule has 8 heteroatoms. The Morgan fingerprint density at radius 2 is 1.53 bits per heavy atom. The van der Waals surface area contributed by atoms with Crippen molar-refractivity contribution in [2.45, 2.75) is 23.4 Å². The van der Waals surface area contributed by atoms with Crippen molar-refractivity contribution in [3.8, 4) is 0 Å². The number of nitrogens with two attached hydrogens (primary N) is 5. The van der Waals surface area contributed by atoms with Crippen molar-refractivity contribution >= 4 is 18.3 Å². The molecular formula is C7H14N6O2. The zero-order valence-electron chi connectivity index (χ0n) is 8.06. The van der Waals surface area contributed by atoms with E-state index in [1.165, 1.54) is 0 Å². The highest BCUT2D eigenvalue weighted by Gasteiger charge is 2.65. The molecule has 0 radical (unpaired) electrons. The Balaban J connectivity index is 3.40. The number of hydrogen-bond donors (Lipinski definition) is 5. The molecule has 1 aliphatic rings. The fraction of sp³-hybridized carbons (Fsp3) is 0.571. The van der Waals surface area contributed by atoms with Crippen LogP contribution in [0.25, 0.3) is 0 Å². The number of carbonyl (C=O) groups is 2. The van der Waals surface area contributed by atoms with Gasteiger partial charge in [-0.05, 0) is 6.72 Å². The predicted molar refractivity (Wildman–Crippen MR) is 53.3 cm³/mol. The van der Waals surface area contributed by atoms with Gasteiger partial charge in [0.15, 0.2) is 17.2 Å². The van der Waals surface area contributed by atoms with Gasteiger partial charge in [-0.1, -0.05) is 0 Å². The number of rotatable bonds is 1. The van der Waals surface area contributed by atoms with Gasteiger partial charge in [0.2, 0.25) is 5.66 Å². The molecule has 0 saturated heterocycles. The van der Waals surface area contributed by atoms with E-state index in [1.807, 2.05) is 0 Å². The third-order valence-corrected chi connectivity index (χ3v) is 2.77. The van der Waals surface area contributed by atoms with Crippen molar-refractivity contribution in [3.05, 3.63) is 0 Å². The summed E-state index contributed by atoms with van der Waals surface area (Å²) in [5.41, 5.74) is 21.3. The molecule has 15 heavy (non-hydrogen) atoms. The van der Waals surface area contributed by atoms with Crippen LogP contribution in [0.1, 0.15) is 6.42 Å². The van der Waals surface area contributed by atoms with Crippen molar-refractivity contribution in [1.29, 1.82) is 0 Å². The van der Waals surface area contributed by atoms with Crippen molar-refractivity contribution < 1.29 is 9.59 Å². The van der Waals surface area contributed by atoms with Crippen LogP contribution in [0.2, 0.25) is 0 Å². The van der Waals surface area contributed by atoms with Gasteiger partial charge in [0.1, 0.15) is 5.66 Å². The Kier molecular flexibility index (Phi) is 2.30. The van der Waals surface area contributed by atoms with Crippen LogP contribution in [0.15, 0.2) is 4.99 Å². The van der Waals surface area contributed by atoms with Crippen LogP contribution in [-0.2, 0) is 9.59 Å². The molecule has 1 aliphatic carbocycles. The van der Waals surface area contributed by atoms with Gasteiger partial charge in [-0.3, -0.25) is 20.3 Å². The maximum absolute atomic E-state index is 11.5. The molecule has 0 heterocycles. The molecule has 0 aromatic heterocycles. The van der Waals surface area contributed by atoms with Gasteiger partial charge in [-0.25, -0.2) is 0 Å². The molecule has 10 N–H and O–H groups in total. The summed E-state index contributed by atoms with van der Waals surface area (Å²) in [6.45, 7) is 3.11. The summed E-state index contributed by atoms with van der Waals surface area (Å²) in [5, 5.41) is 0. The molecule has 0 amide bonds. The normalized spacial score (nSPS) is 33.9. The van der Waals surface area contributed by atoms with Gasteiger partial charge >= 0.3 is 0 Å². The third-order valence-electron chi connectivity index (χ3n) is 2.77. The standard InChI is InChI=1S/C7H14N6O2/c1-13-6(10)4(15)2-3(14)5(8,9)7(6,11)12/h1-2,8-12H2. The number of hydrogen-bond acceptors (Lipinski definition) is 8. The van der Waals surface area contributed by atoms with Gasteiger partial charge in [-0.2, -0.15) is 0 Å². The fourth-order valence-corrected chi connectivity index (χ4v) is 1.42. The lowest BCUT2D eigenvalue weighted by molar-refractivity contribution is -0.143. The Morgan fingerprint density at radius 3 is 1.93 bits per heavy atom. The molecule has 0 aromatic rings. The van der Waals surface area contributed by atoms with E-state index in [0.29, 0.717) is 0 Å². The Bertz CT molecular complexity index is 349. The monoisotopic (exact) mass is 214 g/mol. The Morgan fingerprint density at radius 1 is 1.07 bits per heavy atom. The Labute approximate surface area is 85.8 Å². The number of Topliss-reactive ketones (excluding diaryl/α,β-unsaturated/α-hetero) is 2. The minimum absolute atomic E-state index is 0.557. The van der Waals surface area contributed by atoms with Crippen LogP contribution in [0.5, 0.6) is 0 Å². The second-order valence-electron chi connectivity index (χ2n) is 3.69. The largest absolute Gasteiger partial charge is 0.307 e. The van der Waals surface area contributed by atoms with Crippen molar-refractivity contribution in [2.75, 3.05) is 0 Å². The zero-order valence-corrected chi connectivity index (χ0v) is 8.06. The molecule has 84 valence electrons. The average molecular weight is 214 g/mol. The van der Waals surface area contributed by atoms with E-state index >= 15 is 0 Å². The number of carbonyl (C=O) groups excluding carboxylic acids is 2. The molecule has 1 saturated carbocycles. The molecule has 1 fully saturated rings. The van der Waals surface area contributed by atoms with Crippen LogP contribution in [-0.4, -0.2) is 35.3 Å². The Hall–Kier alpha value is -1.19.